The third kappa shape index (κ3) is 1.41. The summed E-state index contributed by atoms with van der Waals surface area (Å²) < 4.78 is 0. The first-order valence-corrected chi connectivity index (χ1v) is 3.65. The summed E-state index contributed by atoms with van der Waals surface area (Å²) >= 11 is 0. The Morgan fingerprint density at radius 1 is 0.769 bits per heavy atom. The zero-order valence-electron chi connectivity index (χ0n) is 6.99. The minimum Gasteiger partial charge on any atom is -0.344 e. The van der Waals surface area contributed by atoms with Gasteiger partial charge in [-0.2, -0.15) is 0 Å². The van der Waals surface area contributed by atoms with Crippen molar-refractivity contribution in [3.05, 3.63) is 47.5 Å². The Hall–Kier alpha value is -1.74. The van der Waals surface area contributed by atoms with E-state index in [0.717, 1.165) is 0 Å². The van der Waals surface area contributed by atoms with Crippen LogP contribution in [-0.4, -0.2) is 11.6 Å². The summed E-state index contributed by atoms with van der Waals surface area (Å²) in [4.78, 5) is 22.4. The highest BCUT2D eigenvalue weighted by Gasteiger charge is 2.16. The van der Waals surface area contributed by atoms with Crippen molar-refractivity contribution in [2.24, 2.45) is 0 Å². The van der Waals surface area contributed by atoms with Crippen molar-refractivity contribution in [3.63, 3.8) is 0 Å². The molecule has 0 fully saturated rings. The van der Waals surface area contributed by atoms with Crippen LogP contribution in [0.3, 0.4) is 0 Å². The van der Waals surface area contributed by atoms with Gasteiger partial charge in [0.05, 0.1) is 0 Å². The number of hydrogen-bond donors (Lipinski definition) is 1. The molecule has 0 unspecified atom stereocenters. The molecule has 1 aromatic rings. The zero-order chi connectivity index (χ0) is 8.55. The Morgan fingerprint density at radius 2 is 1.15 bits per heavy atom. The van der Waals surface area contributed by atoms with Gasteiger partial charge < -0.3 is 6.15 Å². The molecule has 3 nitrogen and oxygen atoms in total. The van der Waals surface area contributed by atoms with E-state index in [-0.39, 0.29) is 17.7 Å². The van der Waals surface area contributed by atoms with Gasteiger partial charge in [0, 0.05) is 11.1 Å². The summed E-state index contributed by atoms with van der Waals surface area (Å²) in [5.41, 5.74) is 1.01. The molecule has 0 spiro atoms. The summed E-state index contributed by atoms with van der Waals surface area (Å²) in [6.07, 6.45) is 2.62. The van der Waals surface area contributed by atoms with Crippen LogP contribution in [0.25, 0.3) is 0 Å². The summed E-state index contributed by atoms with van der Waals surface area (Å²) in [5, 5.41) is 0. The first-order valence-electron chi connectivity index (χ1n) is 3.65. The van der Waals surface area contributed by atoms with Gasteiger partial charge in [-0.15, -0.1) is 0 Å². The predicted octanol–water partition coefficient (Wildman–Crippen LogP) is 1.78. The molecule has 3 heteroatoms. The van der Waals surface area contributed by atoms with Gasteiger partial charge in [-0.05, 0) is 12.2 Å². The maximum absolute atomic E-state index is 11.2. The molecule has 0 bridgehead atoms. The second-order valence-electron chi connectivity index (χ2n) is 2.61. The summed E-state index contributed by atoms with van der Waals surface area (Å²) in [5.74, 6) is -0.185. The molecule has 0 amide bonds. The molecule has 13 heavy (non-hydrogen) atoms. The molecule has 0 atom stereocenters. The van der Waals surface area contributed by atoms with Crippen molar-refractivity contribution < 1.29 is 9.59 Å². The largest absolute Gasteiger partial charge is 0.344 e. The normalized spacial score (nSPS) is 13.5. The number of allylic oxidation sites excluding steroid dienone is 2. The Labute approximate surface area is 75.7 Å². The lowest BCUT2D eigenvalue weighted by molar-refractivity contribution is 0.0994. The molecule has 1 aliphatic rings. The van der Waals surface area contributed by atoms with Gasteiger partial charge in [-0.25, -0.2) is 0 Å². The standard InChI is InChI=1S/C10H6O2.H3N/c11-9-5-6-10(12)8-4-2-1-3-7(8)9;/h1-6H;1H3. The van der Waals surface area contributed by atoms with E-state index < -0.39 is 0 Å². The van der Waals surface area contributed by atoms with Gasteiger partial charge >= 0.3 is 0 Å². The van der Waals surface area contributed by atoms with Crippen molar-refractivity contribution in [3.8, 4) is 0 Å². The van der Waals surface area contributed by atoms with E-state index in [4.69, 9.17) is 0 Å². The maximum Gasteiger partial charge on any atom is 0.186 e. The van der Waals surface area contributed by atoms with Crippen molar-refractivity contribution in [2.45, 2.75) is 0 Å². The second-order valence-corrected chi connectivity index (χ2v) is 2.61. The highest BCUT2D eigenvalue weighted by Crippen LogP contribution is 2.15. The van der Waals surface area contributed by atoms with E-state index in [2.05, 4.69) is 0 Å². The Bertz CT molecular complexity index is 357. The molecule has 1 aromatic carbocycles. The van der Waals surface area contributed by atoms with Gasteiger partial charge in [0.2, 0.25) is 0 Å². The van der Waals surface area contributed by atoms with E-state index in [1.165, 1.54) is 12.2 Å². The third-order valence-electron chi connectivity index (χ3n) is 1.84. The van der Waals surface area contributed by atoms with Crippen LogP contribution in [0.2, 0.25) is 0 Å². The van der Waals surface area contributed by atoms with Gasteiger partial charge in [0.1, 0.15) is 0 Å². The van der Waals surface area contributed by atoms with Crippen molar-refractivity contribution in [1.29, 1.82) is 0 Å². The monoisotopic (exact) mass is 175 g/mol. The number of hydrogen-bond acceptors (Lipinski definition) is 3. The van der Waals surface area contributed by atoms with Gasteiger partial charge in [-0.3, -0.25) is 9.59 Å². The fraction of sp³-hybridized carbons (Fsp3) is 0. The molecular weight excluding hydrogens is 166 g/mol. The van der Waals surface area contributed by atoms with Crippen molar-refractivity contribution in [2.75, 3.05) is 0 Å². The third-order valence-corrected chi connectivity index (χ3v) is 1.84. The first-order chi connectivity index (χ1) is 5.79. The van der Waals surface area contributed by atoms with Crippen molar-refractivity contribution >= 4 is 11.6 Å². The van der Waals surface area contributed by atoms with Crippen molar-refractivity contribution in [1.82, 2.24) is 6.15 Å². The van der Waals surface area contributed by atoms with E-state index in [1.807, 2.05) is 0 Å². The molecule has 0 radical (unpaired) electrons. The fourth-order valence-corrected chi connectivity index (χ4v) is 1.24. The molecule has 3 N–H and O–H groups in total. The van der Waals surface area contributed by atoms with E-state index in [0.29, 0.717) is 11.1 Å². The molecule has 2 rings (SSSR count). The number of ketones is 2. The van der Waals surface area contributed by atoms with Crippen LogP contribution < -0.4 is 6.15 Å². The number of fused-ring (bicyclic) bond motifs is 1. The Morgan fingerprint density at radius 3 is 1.54 bits per heavy atom. The van der Waals surface area contributed by atoms with Crippen LogP contribution in [0.4, 0.5) is 0 Å². The average molecular weight is 175 g/mol. The highest BCUT2D eigenvalue weighted by atomic mass is 16.1. The zero-order valence-corrected chi connectivity index (χ0v) is 6.99. The lowest BCUT2D eigenvalue weighted by atomic mass is 9.95. The molecule has 0 heterocycles. The minimum atomic E-state index is -0.0924. The molecule has 0 saturated carbocycles. The number of rotatable bonds is 0. The number of carbonyl (C=O) groups is 2. The molecular formula is C10H9NO2. The second kappa shape index (κ2) is 3.33. The summed E-state index contributed by atoms with van der Waals surface area (Å²) in [7, 11) is 0. The van der Waals surface area contributed by atoms with Crippen LogP contribution in [0, 0.1) is 0 Å². The van der Waals surface area contributed by atoms with E-state index in [1.54, 1.807) is 24.3 Å². The van der Waals surface area contributed by atoms with Crippen LogP contribution in [-0.2, 0) is 0 Å². The smallest absolute Gasteiger partial charge is 0.186 e. The van der Waals surface area contributed by atoms with Crippen LogP contribution >= 0.6 is 0 Å². The van der Waals surface area contributed by atoms with Crippen LogP contribution in [0.1, 0.15) is 20.7 Å². The lowest BCUT2D eigenvalue weighted by Gasteiger charge is -2.06. The summed E-state index contributed by atoms with van der Waals surface area (Å²) in [6, 6.07) is 6.84. The first kappa shape index (κ1) is 9.35. The SMILES string of the molecule is N.O=C1C=CC(=O)c2ccccc21. The topological polar surface area (TPSA) is 69.1 Å². The fourth-order valence-electron chi connectivity index (χ4n) is 1.24. The van der Waals surface area contributed by atoms with Gasteiger partial charge in [0.25, 0.3) is 0 Å². The minimum absolute atomic E-state index is 0. The van der Waals surface area contributed by atoms with Gasteiger partial charge in [-0.1, -0.05) is 24.3 Å². The molecule has 0 aromatic heterocycles. The highest BCUT2D eigenvalue weighted by molar-refractivity contribution is 6.21. The van der Waals surface area contributed by atoms with E-state index in [9.17, 15) is 9.59 Å². The molecule has 66 valence electrons. The van der Waals surface area contributed by atoms with E-state index >= 15 is 0 Å². The van der Waals surface area contributed by atoms with Crippen LogP contribution in [0.5, 0.6) is 0 Å². The quantitative estimate of drug-likeness (QED) is 0.653. The predicted molar refractivity (Wildman–Crippen MR) is 49.3 cm³/mol. The average Bonchev–Trinajstić information content (AvgIpc) is 2.12. The maximum atomic E-state index is 11.2. The van der Waals surface area contributed by atoms with Gasteiger partial charge in [0.15, 0.2) is 11.6 Å². The molecule has 0 aliphatic heterocycles. The van der Waals surface area contributed by atoms with Crippen LogP contribution in [0.15, 0.2) is 36.4 Å². The Kier molecular flexibility index (Phi) is 2.39. The Balaban J connectivity index is 0.000000845. The molecule has 1 aliphatic carbocycles. The number of carbonyl (C=O) groups excluding carboxylic acids is 2. The lowest BCUT2D eigenvalue weighted by Crippen LogP contribution is -2.10. The molecule has 0 saturated heterocycles. The number of benzene rings is 1. The summed E-state index contributed by atoms with van der Waals surface area (Å²) in [6.45, 7) is 0.